The van der Waals surface area contributed by atoms with Crippen LogP contribution < -0.4 is 21.1 Å². The van der Waals surface area contributed by atoms with Crippen molar-refractivity contribution in [2.75, 3.05) is 4.90 Å². The van der Waals surface area contributed by atoms with E-state index in [0.717, 1.165) is 25.3 Å². The van der Waals surface area contributed by atoms with Gasteiger partial charge < -0.3 is 16.2 Å². The first-order valence-corrected chi connectivity index (χ1v) is 10.0. The molecule has 6 nitrogen and oxygen atoms in total. The monoisotopic (exact) mass is 471 g/mol. The molecule has 33 heavy (non-hydrogen) atoms. The van der Waals surface area contributed by atoms with Gasteiger partial charge in [-0.25, -0.2) is 18.2 Å². The van der Waals surface area contributed by atoms with Gasteiger partial charge in [0.2, 0.25) is 11.9 Å². The second kappa shape index (κ2) is 8.16. The fraction of sp³-hybridized carbons (Fsp3) is 0.333. The number of para-hydroxylation sites is 1. The quantitative estimate of drug-likeness (QED) is 0.615. The number of anilines is 1. The van der Waals surface area contributed by atoms with E-state index in [1.54, 1.807) is 0 Å². The molecule has 4 rings (SSSR count). The summed E-state index contributed by atoms with van der Waals surface area (Å²) < 4.78 is 87.8. The van der Waals surface area contributed by atoms with Gasteiger partial charge in [0, 0.05) is 0 Å². The topological polar surface area (TPSA) is 89.2 Å². The number of nitrogens with zero attached hydrogens (tertiary/aromatic N) is 3. The van der Waals surface area contributed by atoms with E-state index in [1.165, 1.54) is 17.0 Å². The van der Waals surface area contributed by atoms with Crippen LogP contribution in [0.2, 0.25) is 0 Å². The summed E-state index contributed by atoms with van der Waals surface area (Å²) in [7, 11) is 0. The van der Waals surface area contributed by atoms with Crippen LogP contribution in [-0.4, -0.2) is 17.6 Å². The third-order valence-corrected chi connectivity index (χ3v) is 5.56. The van der Waals surface area contributed by atoms with Gasteiger partial charge in [0.05, 0.1) is 5.56 Å². The Morgan fingerprint density at radius 2 is 1.58 bits per heavy atom. The molecule has 0 bridgehead atoms. The zero-order chi connectivity index (χ0) is 24.0. The highest BCUT2D eigenvalue weighted by molar-refractivity contribution is 6.06. The number of halogens is 6. The molecule has 0 atom stereocenters. The molecule has 4 N–H and O–H groups in total. The third-order valence-electron chi connectivity index (χ3n) is 5.56. The number of rotatable bonds is 3. The first-order chi connectivity index (χ1) is 15.5. The van der Waals surface area contributed by atoms with Gasteiger partial charge >= 0.3 is 6.18 Å². The SMILES string of the molecule is NC1=NC2(CCCCC2)N(c2c(F)cccc2Oc2c(F)cc(C(F)(F)F)cc2F)C(N)=N1. The summed E-state index contributed by atoms with van der Waals surface area (Å²) in [6.07, 6.45) is -1.71. The number of aliphatic imine (C=N–C) groups is 2. The first kappa shape index (κ1) is 22.7. The Morgan fingerprint density at radius 1 is 0.939 bits per heavy atom. The zero-order valence-electron chi connectivity index (χ0n) is 17.1. The summed E-state index contributed by atoms with van der Waals surface area (Å²) in [5.74, 6) is -5.87. The van der Waals surface area contributed by atoms with Crippen LogP contribution in [0.4, 0.5) is 32.0 Å². The van der Waals surface area contributed by atoms with Crippen LogP contribution >= 0.6 is 0 Å². The fourth-order valence-electron chi connectivity index (χ4n) is 4.17. The van der Waals surface area contributed by atoms with Crippen LogP contribution in [0.3, 0.4) is 0 Å². The van der Waals surface area contributed by atoms with Gasteiger partial charge in [-0.15, -0.1) is 0 Å². The van der Waals surface area contributed by atoms with Crippen LogP contribution in [0.15, 0.2) is 40.3 Å². The minimum Gasteiger partial charge on any atom is -0.449 e. The van der Waals surface area contributed by atoms with Crippen LogP contribution in [0.1, 0.15) is 37.7 Å². The Kier molecular flexibility index (Phi) is 5.62. The molecular weight excluding hydrogens is 452 g/mol. The molecule has 1 heterocycles. The van der Waals surface area contributed by atoms with Crippen molar-refractivity contribution in [2.45, 2.75) is 43.9 Å². The van der Waals surface area contributed by atoms with E-state index < -0.39 is 40.6 Å². The van der Waals surface area contributed by atoms with Crippen LogP contribution in [-0.2, 0) is 6.18 Å². The molecule has 1 aliphatic carbocycles. The second-order valence-corrected chi connectivity index (χ2v) is 7.77. The highest BCUT2D eigenvalue weighted by Gasteiger charge is 2.45. The van der Waals surface area contributed by atoms with Crippen molar-refractivity contribution < 1.29 is 31.1 Å². The van der Waals surface area contributed by atoms with Gasteiger partial charge in [-0.2, -0.15) is 18.2 Å². The number of hydrogen-bond acceptors (Lipinski definition) is 6. The molecule has 1 saturated carbocycles. The van der Waals surface area contributed by atoms with Crippen LogP contribution in [0.25, 0.3) is 0 Å². The molecule has 2 aromatic rings. The lowest BCUT2D eigenvalue weighted by Gasteiger charge is -2.45. The Bertz CT molecular complexity index is 1120. The Morgan fingerprint density at radius 3 is 2.18 bits per heavy atom. The summed E-state index contributed by atoms with van der Waals surface area (Å²) in [5, 5.41) is 0. The molecule has 0 aromatic heterocycles. The van der Waals surface area contributed by atoms with Gasteiger partial charge in [0.15, 0.2) is 29.0 Å². The number of ether oxygens (including phenoxy) is 1. The number of benzene rings is 2. The lowest BCUT2D eigenvalue weighted by Crippen LogP contribution is -2.58. The number of nitrogens with two attached hydrogens (primary N) is 2. The van der Waals surface area contributed by atoms with Crippen molar-refractivity contribution in [1.82, 2.24) is 0 Å². The normalized spacial score (nSPS) is 18.2. The molecule has 0 saturated heterocycles. The number of alkyl halides is 3. The zero-order valence-corrected chi connectivity index (χ0v) is 17.1. The van der Waals surface area contributed by atoms with E-state index in [0.29, 0.717) is 12.8 Å². The highest BCUT2D eigenvalue weighted by Crippen LogP contribution is 2.45. The summed E-state index contributed by atoms with van der Waals surface area (Å²) in [4.78, 5) is 9.58. The summed E-state index contributed by atoms with van der Waals surface area (Å²) in [6, 6.07) is 3.70. The maximum absolute atomic E-state index is 15.1. The summed E-state index contributed by atoms with van der Waals surface area (Å²) in [6.45, 7) is 0. The summed E-state index contributed by atoms with van der Waals surface area (Å²) >= 11 is 0. The average molecular weight is 471 g/mol. The maximum atomic E-state index is 15.1. The lowest BCUT2D eigenvalue weighted by atomic mass is 9.87. The molecule has 2 aliphatic rings. The van der Waals surface area contributed by atoms with E-state index in [4.69, 9.17) is 16.2 Å². The first-order valence-electron chi connectivity index (χ1n) is 10.0. The highest BCUT2D eigenvalue weighted by atomic mass is 19.4. The van der Waals surface area contributed by atoms with Gasteiger partial charge in [0.1, 0.15) is 11.4 Å². The molecule has 1 aliphatic heterocycles. The van der Waals surface area contributed by atoms with Crippen molar-refractivity contribution in [3.8, 4) is 11.5 Å². The number of guanidine groups is 2. The number of hydrogen-bond donors (Lipinski definition) is 2. The Balaban J connectivity index is 1.82. The van der Waals surface area contributed by atoms with Gasteiger partial charge in [0.25, 0.3) is 0 Å². The molecule has 0 unspecified atom stereocenters. The average Bonchev–Trinajstić information content (AvgIpc) is 2.71. The Hall–Kier alpha value is -3.44. The van der Waals surface area contributed by atoms with E-state index in [2.05, 4.69) is 9.98 Å². The van der Waals surface area contributed by atoms with Crippen molar-refractivity contribution in [1.29, 1.82) is 0 Å². The molecule has 1 spiro atoms. The predicted molar refractivity (Wildman–Crippen MR) is 109 cm³/mol. The van der Waals surface area contributed by atoms with Crippen LogP contribution in [0, 0.1) is 17.5 Å². The van der Waals surface area contributed by atoms with E-state index in [-0.39, 0.29) is 35.5 Å². The predicted octanol–water partition coefficient (Wildman–Crippen LogP) is 5.02. The van der Waals surface area contributed by atoms with Crippen molar-refractivity contribution in [3.05, 3.63) is 53.3 Å². The molecular formula is C21H19F6N5O. The van der Waals surface area contributed by atoms with Gasteiger partial charge in [-0.3, -0.25) is 4.90 Å². The van der Waals surface area contributed by atoms with Crippen molar-refractivity contribution in [3.63, 3.8) is 0 Å². The van der Waals surface area contributed by atoms with Crippen molar-refractivity contribution in [2.24, 2.45) is 21.5 Å². The minimum absolute atomic E-state index is 0.0933. The van der Waals surface area contributed by atoms with E-state index >= 15 is 4.39 Å². The lowest BCUT2D eigenvalue weighted by molar-refractivity contribution is -0.138. The Labute approximate surface area is 184 Å². The third kappa shape index (κ3) is 4.16. The fourth-order valence-corrected chi connectivity index (χ4v) is 4.17. The molecule has 2 aromatic carbocycles. The molecule has 0 amide bonds. The smallest absolute Gasteiger partial charge is 0.416 e. The standard InChI is InChI=1S/C21H19F6N5O/c22-12-5-4-6-15(33-17-13(23)9-11(10-14(17)24)21(25,26)27)16(12)32-19(29)30-18(28)31-20(32)7-2-1-3-8-20/h4-6,9-10H,1-3,7-8H2,(H4,28,29,30,31). The van der Waals surface area contributed by atoms with Crippen LogP contribution in [0.5, 0.6) is 11.5 Å². The molecule has 1 fully saturated rings. The van der Waals surface area contributed by atoms with E-state index in [9.17, 15) is 22.0 Å². The molecule has 12 heteroatoms. The summed E-state index contributed by atoms with van der Waals surface area (Å²) in [5.41, 5.74) is 8.96. The molecule has 0 radical (unpaired) electrons. The second-order valence-electron chi connectivity index (χ2n) is 7.77. The van der Waals surface area contributed by atoms with E-state index in [1.807, 2.05) is 0 Å². The van der Waals surface area contributed by atoms with Gasteiger partial charge in [-0.05, 0) is 49.9 Å². The minimum atomic E-state index is -4.96. The maximum Gasteiger partial charge on any atom is 0.416 e. The van der Waals surface area contributed by atoms with Gasteiger partial charge in [-0.1, -0.05) is 12.5 Å². The van der Waals surface area contributed by atoms with Crippen molar-refractivity contribution >= 4 is 17.6 Å². The largest absolute Gasteiger partial charge is 0.449 e. The molecule has 176 valence electrons.